The summed E-state index contributed by atoms with van der Waals surface area (Å²) < 4.78 is 0. The summed E-state index contributed by atoms with van der Waals surface area (Å²) in [6, 6.07) is 12.5. The fraction of sp³-hybridized carbons (Fsp3) is 0.250. The lowest BCUT2D eigenvalue weighted by Gasteiger charge is -2.13. The molecule has 1 N–H and O–H groups in total. The summed E-state index contributed by atoms with van der Waals surface area (Å²) in [4.78, 5) is 0. The first-order valence-electron chi connectivity index (χ1n) is 6.13. The van der Waals surface area contributed by atoms with Gasteiger partial charge in [-0.3, -0.25) is 0 Å². The van der Waals surface area contributed by atoms with Crippen molar-refractivity contribution >= 4 is 17.3 Å². The Labute approximate surface area is 114 Å². The van der Waals surface area contributed by atoms with Crippen LogP contribution in [0, 0.1) is 20.8 Å². The molecule has 0 radical (unpaired) electrons. The van der Waals surface area contributed by atoms with E-state index in [4.69, 9.17) is 11.6 Å². The monoisotopic (exact) mass is 259 g/mol. The maximum Gasteiger partial charge on any atom is 0.0642 e. The van der Waals surface area contributed by atoms with Crippen molar-refractivity contribution in [2.45, 2.75) is 27.3 Å². The second-order valence-electron chi connectivity index (χ2n) is 4.72. The minimum Gasteiger partial charge on any atom is -0.380 e. The van der Waals surface area contributed by atoms with E-state index in [0.29, 0.717) is 0 Å². The van der Waals surface area contributed by atoms with Gasteiger partial charge in [0, 0.05) is 6.54 Å². The highest BCUT2D eigenvalue weighted by Gasteiger charge is 2.05. The number of halogens is 1. The third-order valence-electron chi connectivity index (χ3n) is 3.15. The van der Waals surface area contributed by atoms with E-state index < -0.39 is 0 Å². The molecule has 0 saturated heterocycles. The van der Waals surface area contributed by atoms with Crippen molar-refractivity contribution in [3.05, 3.63) is 63.7 Å². The van der Waals surface area contributed by atoms with Gasteiger partial charge in [-0.15, -0.1) is 0 Å². The fourth-order valence-corrected chi connectivity index (χ4v) is 2.52. The Bertz CT molecular complexity index is 538. The van der Waals surface area contributed by atoms with Crippen molar-refractivity contribution in [1.82, 2.24) is 0 Å². The molecular formula is C16H18ClN. The average molecular weight is 260 g/mol. The van der Waals surface area contributed by atoms with E-state index in [1.54, 1.807) is 0 Å². The van der Waals surface area contributed by atoms with Gasteiger partial charge in [0.15, 0.2) is 0 Å². The normalized spacial score (nSPS) is 10.4. The first kappa shape index (κ1) is 13.0. The Hall–Kier alpha value is -1.47. The molecule has 0 saturated carbocycles. The Kier molecular flexibility index (Phi) is 3.93. The summed E-state index contributed by atoms with van der Waals surface area (Å²) >= 11 is 6.28. The molecule has 0 aliphatic rings. The summed E-state index contributed by atoms with van der Waals surface area (Å²) in [5, 5.41) is 4.23. The van der Waals surface area contributed by atoms with Crippen LogP contribution in [0.25, 0.3) is 0 Å². The van der Waals surface area contributed by atoms with Gasteiger partial charge in [0.25, 0.3) is 0 Å². The summed E-state index contributed by atoms with van der Waals surface area (Å²) in [7, 11) is 0. The lowest BCUT2D eigenvalue weighted by atomic mass is 10.1. The summed E-state index contributed by atoms with van der Waals surface area (Å²) in [5.74, 6) is 0. The van der Waals surface area contributed by atoms with E-state index >= 15 is 0 Å². The molecule has 0 aromatic heterocycles. The van der Waals surface area contributed by atoms with Crippen LogP contribution in [0.3, 0.4) is 0 Å². The van der Waals surface area contributed by atoms with Crippen molar-refractivity contribution in [1.29, 1.82) is 0 Å². The van der Waals surface area contributed by atoms with Crippen molar-refractivity contribution in [2.24, 2.45) is 0 Å². The topological polar surface area (TPSA) is 12.0 Å². The molecule has 0 heterocycles. The molecule has 94 valence electrons. The van der Waals surface area contributed by atoms with E-state index in [1.165, 1.54) is 22.3 Å². The van der Waals surface area contributed by atoms with Crippen LogP contribution in [0.5, 0.6) is 0 Å². The molecule has 2 heteroatoms. The highest BCUT2D eigenvalue weighted by Crippen LogP contribution is 2.27. The number of nitrogens with one attached hydrogen (secondary N) is 1. The average Bonchev–Trinajstić information content (AvgIpc) is 2.30. The molecule has 0 fully saturated rings. The SMILES string of the molecule is Cc1cc(C)c(NCc2ccccc2C)c(Cl)c1. The quantitative estimate of drug-likeness (QED) is 0.829. The van der Waals surface area contributed by atoms with Crippen LogP contribution in [0.4, 0.5) is 5.69 Å². The van der Waals surface area contributed by atoms with Crippen molar-refractivity contribution in [2.75, 3.05) is 5.32 Å². The summed E-state index contributed by atoms with van der Waals surface area (Å²) in [5.41, 5.74) is 6.01. The maximum absolute atomic E-state index is 6.28. The van der Waals surface area contributed by atoms with Gasteiger partial charge in [-0.1, -0.05) is 41.9 Å². The van der Waals surface area contributed by atoms with Gasteiger partial charge in [0.2, 0.25) is 0 Å². The van der Waals surface area contributed by atoms with Crippen LogP contribution in [0.1, 0.15) is 22.3 Å². The predicted octanol–water partition coefficient (Wildman–Crippen LogP) is 4.88. The second-order valence-corrected chi connectivity index (χ2v) is 5.13. The Morgan fingerprint density at radius 2 is 1.72 bits per heavy atom. The largest absolute Gasteiger partial charge is 0.380 e. The number of benzene rings is 2. The minimum atomic E-state index is 0.793. The summed E-state index contributed by atoms with van der Waals surface area (Å²) in [6.07, 6.45) is 0. The third-order valence-corrected chi connectivity index (χ3v) is 3.45. The van der Waals surface area contributed by atoms with E-state index in [-0.39, 0.29) is 0 Å². The summed E-state index contributed by atoms with van der Waals surface area (Å²) in [6.45, 7) is 7.07. The Morgan fingerprint density at radius 1 is 1.00 bits per heavy atom. The number of hydrogen-bond acceptors (Lipinski definition) is 1. The van der Waals surface area contributed by atoms with Gasteiger partial charge in [0.05, 0.1) is 10.7 Å². The molecule has 2 rings (SSSR count). The molecule has 0 bridgehead atoms. The van der Waals surface area contributed by atoms with Gasteiger partial charge in [-0.05, 0) is 49.1 Å². The number of aryl methyl sites for hydroxylation is 3. The molecular weight excluding hydrogens is 242 g/mol. The van der Waals surface area contributed by atoms with Crippen molar-refractivity contribution in [3.8, 4) is 0 Å². The molecule has 0 amide bonds. The van der Waals surface area contributed by atoms with Gasteiger partial charge in [0.1, 0.15) is 0 Å². The predicted molar refractivity (Wildman–Crippen MR) is 79.4 cm³/mol. The molecule has 0 spiro atoms. The first-order valence-corrected chi connectivity index (χ1v) is 6.51. The zero-order chi connectivity index (χ0) is 13.1. The number of anilines is 1. The van der Waals surface area contributed by atoms with E-state index in [0.717, 1.165) is 17.3 Å². The van der Waals surface area contributed by atoms with Gasteiger partial charge in [-0.25, -0.2) is 0 Å². The second kappa shape index (κ2) is 5.45. The first-order chi connectivity index (χ1) is 8.58. The third kappa shape index (κ3) is 2.85. The lowest BCUT2D eigenvalue weighted by Crippen LogP contribution is -2.03. The Balaban J connectivity index is 2.19. The van der Waals surface area contributed by atoms with Gasteiger partial charge in [-0.2, -0.15) is 0 Å². The van der Waals surface area contributed by atoms with Gasteiger partial charge < -0.3 is 5.32 Å². The molecule has 0 atom stereocenters. The minimum absolute atomic E-state index is 0.793. The van der Waals surface area contributed by atoms with E-state index in [2.05, 4.69) is 56.4 Å². The van der Waals surface area contributed by atoms with Crippen molar-refractivity contribution < 1.29 is 0 Å². The fourth-order valence-electron chi connectivity index (χ4n) is 2.13. The molecule has 2 aromatic carbocycles. The lowest BCUT2D eigenvalue weighted by molar-refractivity contribution is 1.11. The molecule has 0 aliphatic heterocycles. The van der Waals surface area contributed by atoms with E-state index in [9.17, 15) is 0 Å². The molecule has 1 nitrogen and oxygen atoms in total. The van der Waals surface area contributed by atoms with Crippen LogP contribution in [-0.2, 0) is 6.54 Å². The highest BCUT2D eigenvalue weighted by molar-refractivity contribution is 6.33. The standard InChI is InChI=1S/C16H18ClN/c1-11-8-13(3)16(15(17)9-11)18-10-14-7-5-4-6-12(14)2/h4-9,18H,10H2,1-3H3. The molecule has 0 aliphatic carbocycles. The van der Waals surface area contributed by atoms with Crippen LogP contribution in [0.2, 0.25) is 5.02 Å². The van der Waals surface area contributed by atoms with Crippen LogP contribution in [-0.4, -0.2) is 0 Å². The number of hydrogen-bond donors (Lipinski definition) is 1. The Morgan fingerprint density at radius 3 is 2.39 bits per heavy atom. The van der Waals surface area contributed by atoms with Crippen LogP contribution < -0.4 is 5.32 Å². The highest BCUT2D eigenvalue weighted by atomic mass is 35.5. The van der Waals surface area contributed by atoms with E-state index in [1.807, 2.05) is 6.07 Å². The molecule has 2 aromatic rings. The van der Waals surface area contributed by atoms with Gasteiger partial charge >= 0.3 is 0 Å². The smallest absolute Gasteiger partial charge is 0.0642 e. The van der Waals surface area contributed by atoms with Crippen LogP contribution in [0.15, 0.2) is 36.4 Å². The maximum atomic E-state index is 6.28. The molecule has 0 unspecified atom stereocenters. The van der Waals surface area contributed by atoms with Crippen LogP contribution >= 0.6 is 11.6 Å². The molecule has 18 heavy (non-hydrogen) atoms. The van der Waals surface area contributed by atoms with Crippen molar-refractivity contribution in [3.63, 3.8) is 0 Å². The number of rotatable bonds is 3. The zero-order valence-corrected chi connectivity index (χ0v) is 11.8. The zero-order valence-electron chi connectivity index (χ0n) is 11.0.